The van der Waals surface area contributed by atoms with Gasteiger partial charge in [0.2, 0.25) is 12.1 Å². The first-order valence-electron chi connectivity index (χ1n) is 12.6. The maximum atomic E-state index is 14.8. The molecule has 1 atom stereocenters. The van der Waals surface area contributed by atoms with Crippen molar-refractivity contribution in [1.82, 2.24) is 25.3 Å². The van der Waals surface area contributed by atoms with E-state index in [1.165, 1.54) is 11.6 Å². The molecule has 1 N–H and O–H groups in total. The lowest BCUT2D eigenvalue weighted by Crippen LogP contribution is -2.40. The van der Waals surface area contributed by atoms with Crippen LogP contribution in [-0.4, -0.2) is 63.7 Å². The van der Waals surface area contributed by atoms with Crippen LogP contribution in [0.25, 0.3) is 11.3 Å². The highest BCUT2D eigenvalue weighted by Crippen LogP contribution is 2.31. The van der Waals surface area contributed by atoms with E-state index in [2.05, 4.69) is 37.9 Å². The fourth-order valence-corrected chi connectivity index (χ4v) is 4.93. The first-order valence-corrected chi connectivity index (χ1v) is 12.6. The van der Waals surface area contributed by atoms with Gasteiger partial charge in [0.15, 0.2) is 0 Å². The number of hydrogen-bond acceptors (Lipinski definition) is 6. The summed E-state index contributed by atoms with van der Waals surface area (Å²) in [6.07, 6.45) is -0.591. The molecule has 1 fully saturated rings. The Balaban J connectivity index is 1.22. The van der Waals surface area contributed by atoms with Crippen LogP contribution < -0.4 is 5.43 Å². The van der Waals surface area contributed by atoms with E-state index in [1.807, 2.05) is 12.1 Å². The normalized spacial score (nSPS) is 18.9. The minimum atomic E-state index is -2.75. The molecule has 202 valence electrons. The van der Waals surface area contributed by atoms with E-state index < -0.39 is 24.1 Å². The molecular formula is C27H30F4N6O. The van der Waals surface area contributed by atoms with E-state index in [-0.39, 0.29) is 18.0 Å². The maximum Gasteiger partial charge on any atom is 0.294 e. The molecule has 5 rings (SSSR count). The van der Waals surface area contributed by atoms with Gasteiger partial charge in [-0.25, -0.2) is 22.2 Å². The number of hydrogen-bond donors (Lipinski definition) is 1. The highest BCUT2D eigenvalue weighted by atomic mass is 19.3. The number of rotatable bonds is 8. The van der Waals surface area contributed by atoms with E-state index in [4.69, 9.17) is 4.74 Å². The van der Waals surface area contributed by atoms with Gasteiger partial charge in [0.25, 0.3) is 6.43 Å². The van der Waals surface area contributed by atoms with E-state index >= 15 is 0 Å². The lowest BCUT2D eigenvalue weighted by molar-refractivity contribution is 0.000583. The molecule has 0 aliphatic carbocycles. The van der Waals surface area contributed by atoms with Crippen molar-refractivity contribution in [2.24, 2.45) is 5.10 Å². The largest absolute Gasteiger partial charge is 0.445 e. The first kappa shape index (κ1) is 26.1. The molecule has 0 amide bonds. The highest BCUT2D eigenvalue weighted by molar-refractivity contribution is 5.94. The molecule has 2 aromatic carbocycles. The summed E-state index contributed by atoms with van der Waals surface area (Å²) < 4.78 is 60.9. The standard InChI is InChI=1S/C27H30F4N6O/c1-27(2,31)16-36-10-8-17(9-11-36)18-4-3-5-19(12-18)23-15-37(35-32-23)14-21-7-6-20(13-22(21)28)25-33-34-26(38-25)24(29)30/h3-7,12-13,15,17,24,26,34H,8-11,14,16H2,1-2H3. The number of likely N-dealkylation sites (tertiary alicyclic amines) is 1. The van der Waals surface area contributed by atoms with Crippen molar-refractivity contribution in [1.29, 1.82) is 0 Å². The summed E-state index contributed by atoms with van der Waals surface area (Å²) in [6.45, 7) is 5.56. The zero-order valence-electron chi connectivity index (χ0n) is 21.2. The van der Waals surface area contributed by atoms with Gasteiger partial charge < -0.3 is 9.64 Å². The second kappa shape index (κ2) is 10.7. The number of halogens is 4. The number of alkyl halides is 3. The molecule has 1 unspecified atom stereocenters. The number of nitrogens with one attached hydrogen (secondary N) is 1. The monoisotopic (exact) mass is 530 g/mol. The van der Waals surface area contributed by atoms with Crippen LogP contribution in [0.3, 0.4) is 0 Å². The van der Waals surface area contributed by atoms with Crippen LogP contribution in [0.2, 0.25) is 0 Å². The van der Waals surface area contributed by atoms with Gasteiger partial charge in [-0.3, -0.25) is 5.43 Å². The van der Waals surface area contributed by atoms with Crippen LogP contribution in [0, 0.1) is 5.82 Å². The fourth-order valence-electron chi connectivity index (χ4n) is 4.93. The average Bonchev–Trinajstić information content (AvgIpc) is 3.55. The van der Waals surface area contributed by atoms with Gasteiger partial charge in [-0.05, 0) is 69.5 Å². The number of nitrogens with zero attached hydrogens (tertiary/aromatic N) is 5. The molecule has 0 radical (unpaired) electrons. The Labute approximate surface area is 218 Å². The summed E-state index contributed by atoms with van der Waals surface area (Å²) in [5, 5.41) is 12.2. The van der Waals surface area contributed by atoms with Crippen molar-refractivity contribution in [2.45, 2.75) is 57.5 Å². The second-order valence-corrected chi connectivity index (χ2v) is 10.4. The van der Waals surface area contributed by atoms with E-state index in [1.54, 1.807) is 36.9 Å². The lowest BCUT2D eigenvalue weighted by atomic mass is 9.88. The highest BCUT2D eigenvalue weighted by Gasteiger charge is 2.29. The van der Waals surface area contributed by atoms with Crippen LogP contribution in [0.15, 0.2) is 53.8 Å². The summed E-state index contributed by atoms with van der Waals surface area (Å²) in [4.78, 5) is 2.18. The van der Waals surface area contributed by atoms with Crippen molar-refractivity contribution in [3.63, 3.8) is 0 Å². The molecule has 2 aliphatic heterocycles. The predicted octanol–water partition coefficient (Wildman–Crippen LogP) is 4.93. The summed E-state index contributed by atoms with van der Waals surface area (Å²) in [5.74, 6) is -0.215. The van der Waals surface area contributed by atoms with Gasteiger partial charge in [0, 0.05) is 23.2 Å². The maximum absolute atomic E-state index is 14.8. The van der Waals surface area contributed by atoms with Crippen LogP contribution in [-0.2, 0) is 11.3 Å². The van der Waals surface area contributed by atoms with Crippen molar-refractivity contribution in [2.75, 3.05) is 19.6 Å². The Hall–Kier alpha value is -3.47. The molecule has 38 heavy (non-hydrogen) atoms. The Morgan fingerprint density at radius 3 is 2.58 bits per heavy atom. The number of hydrazone groups is 1. The zero-order valence-corrected chi connectivity index (χ0v) is 21.2. The van der Waals surface area contributed by atoms with E-state index in [0.29, 0.717) is 23.7 Å². The number of aromatic nitrogens is 3. The Morgan fingerprint density at radius 1 is 1.11 bits per heavy atom. The quantitative estimate of drug-likeness (QED) is 0.419. The van der Waals surface area contributed by atoms with E-state index in [9.17, 15) is 17.6 Å². The lowest BCUT2D eigenvalue weighted by Gasteiger charge is -2.34. The van der Waals surface area contributed by atoms with Crippen LogP contribution in [0.4, 0.5) is 17.6 Å². The van der Waals surface area contributed by atoms with Crippen molar-refractivity contribution in [3.05, 3.63) is 71.2 Å². The summed E-state index contributed by atoms with van der Waals surface area (Å²) >= 11 is 0. The van der Waals surface area contributed by atoms with Gasteiger partial charge in [0.05, 0.1) is 12.7 Å². The predicted molar refractivity (Wildman–Crippen MR) is 135 cm³/mol. The third kappa shape index (κ3) is 6.15. The second-order valence-electron chi connectivity index (χ2n) is 10.4. The molecule has 0 saturated carbocycles. The summed E-state index contributed by atoms with van der Waals surface area (Å²) in [5.41, 5.74) is 4.44. The number of ether oxygens (including phenoxy) is 1. The minimum Gasteiger partial charge on any atom is -0.445 e. The fraction of sp³-hybridized carbons (Fsp3) is 0.444. The summed E-state index contributed by atoms with van der Waals surface area (Å²) in [6, 6.07) is 12.5. The molecule has 0 spiro atoms. The molecule has 3 heterocycles. The van der Waals surface area contributed by atoms with Crippen molar-refractivity contribution >= 4 is 5.90 Å². The molecule has 11 heteroatoms. The van der Waals surface area contributed by atoms with Crippen LogP contribution in [0.1, 0.15) is 49.3 Å². The number of benzene rings is 2. The van der Waals surface area contributed by atoms with Gasteiger partial charge in [-0.2, -0.15) is 0 Å². The molecular weight excluding hydrogens is 500 g/mol. The molecule has 1 aromatic heterocycles. The van der Waals surface area contributed by atoms with Crippen molar-refractivity contribution in [3.8, 4) is 11.3 Å². The van der Waals surface area contributed by atoms with Crippen LogP contribution in [0.5, 0.6) is 0 Å². The molecule has 0 bridgehead atoms. The Morgan fingerprint density at radius 2 is 1.89 bits per heavy atom. The van der Waals surface area contributed by atoms with Gasteiger partial charge in [-0.1, -0.05) is 29.5 Å². The smallest absolute Gasteiger partial charge is 0.294 e. The van der Waals surface area contributed by atoms with Gasteiger partial charge in [0.1, 0.15) is 17.2 Å². The number of piperidine rings is 1. The summed E-state index contributed by atoms with van der Waals surface area (Å²) in [7, 11) is 0. The zero-order chi connectivity index (χ0) is 26.9. The topological polar surface area (TPSA) is 67.6 Å². The van der Waals surface area contributed by atoms with Gasteiger partial charge in [-0.15, -0.1) is 10.2 Å². The van der Waals surface area contributed by atoms with Crippen molar-refractivity contribution < 1.29 is 22.3 Å². The van der Waals surface area contributed by atoms with Gasteiger partial charge >= 0.3 is 0 Å². The molecule has 7 nitrogen and oxygen atoms in total. The third-order valence-electron chi connectivity index (χ3n) is 6.77. The van der Waals surface area contributed by atoms with E-state index in [0.717, 1.165) is 31.5 Å². The molecule has 2 aliphatic rings. The SMILES string of the molecule is CC(C)(F)CN1CCC(c2cccc(-c3cn(Cc4ccc(C5=NNC(C(F)F)O5)cc4F)nn3)c2)CC1. The molecule has 3 aromatic rings. The Bertz CT molecular complexity index is 1300. The minimum absolute atomic E-state index is 0.0828. The first-order chi connectivity index (χ1) is 18.1. The Kier molecular flexibility index (Phi) is 7.38. The average molecular weight is 531 g/mol. The third-order valence-corrected chi connectivity index (χ3v) is 6.77. The van der Waals surface area contributed by atoms with Crippen LogP contribution >= 0.6 is 0 Å². The molecule has 1 saturated heterocycles.